The lowest BCUT2D eigenvalue weighted by Crippen LogP contribution is -2.18. The van der Waals surface area contributed by atoms with Crippen LogP contribution >= 0.6 is 12.6 Å². The van der Waals surface area contributed by atoms with E-state index in [1.165, 1.54) is 44.9 Å². The normalized spacial score (nSPS) is 12.4. The quantitative estimate of drug-likeness (QED) is 0.288. The number of hydrogen-bond donors (Lipinski definition) is 1. The van der Waals surface area contributed by atoms with Gasteiger partial charge in [0.2, 0.25) is 0 Å². The number of ether oxygens (including phenoxy) is 1. The van der Waals surface area contributed by atoms with Crippen molar-refractivity contribution < 1.29 is 9.53 Å². The highest BCUT2D eigenvalue weighted by Crippen LogP contribution is 2.13. The highest BCUT2D eigenvalue weighted by molar-refractivity contribution is 7.81. The van der Waals surface area contributed by atoms with Crippen LogP contribution in [0.15, 0.2) is 0 Å². The summed E-state index contributed by atoms with van der Waals surface area (Å²) in [6, 6.07) is 0. The molecule has 0 aliphatic carbocycles. The Kier molecular flexibility index (Phi) is 14.1. The molecule has 0 fully saturated rings. The summed E-state index contributed by atoms with van der Waals surface area (Å²) in [5, 5.41) is -0.225. The summed E-state index contributed by atoms with van der Waals surface area (Å²) in [5.41, 5.74) is 0. The number of esters is 1. The molecule has 0 aromatic rings. The molecule has 0 spiro atoms. The third-order valence-electron chi connectivity index (χ3n) is 3.35. The van der Waals surface area contributed by atoms with Crippen molar-refractivity contribution in [3.63, 3.8) is 0 Å². The van der Waals surface area contributed by atoms with E-state index in [4.69, 9.17) is 4.74 Å². The van der Waals surface area contributed by atoms with Gasteiger partial charge < -0.3 is 4.74 Å². The van der Waals surface area contributed by atoms with Gasteiger partial charge in [-0.3, -0.25) is 4.79 Å². The second-order valence-corrected chi connectivity index (χ2v) is 5.92. The zero-order chi connectivity index (χ0) is 14.3. The van der Waals surface area contributed by atoms with Crippen molar-refractivity contribution in [2.75, 3.05) is 6.61 Å². The molecule has 0 amide bonds. The molecule has 3 heteroatoms. The van der Waals surface area contributed by atoms with E-state index < -0.39 is 0 Å². The van der Waals surface area contributed by atoms with Crippen LogP contribution in [0.25, 0.3) is 0 Å². The molecular weight excluding hydrogens is 256 g/mol. The maximum absolute atomic E-state index is 11.6. The predicted molar refractivity (Wildman–Crippen MR) is 85.9 cm³/mol. The summed E-state index contributed by atoms with van der Waals surface area (Å²) in [7, 11) is 0. The molecule has 0 saturated heterocycles. The summed E-state index contributed by atoms with van der Waals surface area (Å²) in [6.07, 6.45) is 13.2. The van der Waals surface area contributed by atoms with Crippen LogP contribution < -0.4 is 0 Å². The number of carbonyl (C=O) groups excluding carboxylic acids is 1. The number of unbranched alkanes of at least 4 members (excludes halogenated alkanes) is 8. The van der Waals surface area contributed by atoms with Gasteiger partial charge in [0.25, 0.3) is 0 Å². The molecule has 0 aromatic heterocycles. The van der Waals surface area contributed by atoms with Gasteiger partial charge in [0.15, 0.2) is 0 Å². The Morgan fingerprint density at radius 3 is 2.00 bits per heavy atom. The molecule has 19 heavy (non-hydrogen) atoms. The second-order valence-electron chi connectivity index (χ2n) is 5.30. The molecule has 114 valence electrons. The van der Waals surface area contributed by atoms with Crippen LogP contribution in [-0.2, 0) is 9.53 Å². The molecule has 0 aliphatic heterocycles. The Morgan fingerprint density at radius 2 is 1.42 bits per heavy atom. The lowest BCUT2D eigenvalue weighted by atomic mass is 10.1. The standard InChI is InChI=1S/C16H32O2S/c1-3-5-7-8-9-10-11-12-13-15(19)16(17)18-14-6-4-2/h15,19H,3-14H2,1-2H3. The minimum atomic E-state index is -0.225. The highest BCUT2D eigenvalue weighted by Gasteiger charge is 2.14. The Labute approximate surface area is 125 Å². The first-order valence-electron chi connectivity index (χ1n) is 8.07. The van der Waals surface area contributed by atoms with Gasteiger partial charge in [0.05, 0.1) is 11.9 Å². The lowest BCUT2D eigenvalue weighted by molar-refractivity contribution is -0.143. The third kappa shape index (κ3) is 12.6. The monoisotopic (exact) mass is 288 g/mol. The minimum Gasteiger partial charge on any atom is -0.465 e. The van der Waals surface area contributed by atoms with E-state index in [1.807, 2.05) is 0 Å². The molecule has 0 bridgehead atoms. The Hall–Kier alpha value is -0.180. The first-order chi connectivity index (χ1) is 9.22. The SMILES string of the molecule is CCCCCCCCCCC(S)C(=O)OCCCC. The van der Waals surface area contributed by atoms with Gasteiger partial charge in [0.1, 0.15) is 0 Å². The number of carbonyl (C=O) groups is 1. The average Bonchev–Trinajstić information content (AvgIpc) is 2.41. The minimum absolute atomic E-state index is 0.139. The molecule has 0 N–H and O–H groups in total. The van der Waals surface area contributed by atoms with E-state index in [0.29, 0.717) is 6.61 Å². The maximum Gasteiger partial charge on any atom is 0.318 e. The van der Waals surface area contributed by atoms with Crippen LogP contribution in [0.5, 0.6) is 0 Å². The molecule has 0 aliphatic rings. The van der Waals surface area contributed by atoms with Crippen LogP contribution in [-0.4, -0.2) is 17.8 Å². The zero-order valence-corrected chi connectivity index (χ0v) is 13.7. The number of hydrogen-bond acceptors (Lipinski definition) is 3. The molecular formula is C16H32O2S. The molecule has 1 atom stereocenters. The van der Waals surface area contributed by atoms with Crippen molar-refractivity contribution in [3.8, 4) is 0 Å². The second kappa shape index (κ2) is 14.2. The third-order valence-corrected chi connectivity index (χ3v) is 3.81. The van der Waals surface area contributed by atoms with Gasteiger partial charge >= 0.3 is 5.97 Å². The van der Waals surface area contributed by atoms with Crippen molar-refractivity contribution in [1.29, 1.82) is 0 Å². The topological polar surface area (TPSA) is 26.3 Å². The smallest absolute Gasteiger partial charge is 0.318 e. The van der Waals surface area contributed by atoms with E-state index in [9.17, 15) is 4.79 Å². The Morgan fingerprint density at radius 1 is 0.895 bits per heavy atom. The van der Waals surface area contributed by atoms with E-state index >= 15 is 0 Å². The first kappa shape index (κ1) is 18.8. The molecule has 2 nitrogen and oxygen atoms in total. The number of rotatable bonds is 13. The van der Waals surface area contributed by atoms with E-state index in [2.05, 4.69) is 26.5 Å². The van der Waals surface area contributed by atoms with Crippen LogP contribution in [0.3, 0.4) is 0 Å². The average molecular weight is 288 g/mol. The van der Waals surface area contributed by atoms with E-state index in [-0.39, 0.29) is 11.2 Å². The van der Waals surface area contributed by atoms with Crippen molar-refractivity contribution in [1.82, 2.24) is 0 Å². The fourth-order valence-corrected chi connectivity index (χ4v) is 2.26. The van der Waals surface area contributed by atoms with Crippen LogP contribution in [0, 0.1) is 0 Å². The zero-order valence-electron chi connectivity index (χ0n) is 12.8. The largest absolute Gasteiger partial charge is 0.465 e. The molecule has 0 heterocycles. The molecule has 0 aromatic carbocycles. The van der Waals surface area contributed by atoms with Crippen molar-refractivity contribution in [3.05, 3.63) is 0 Å². The predicted octanol–water partition coefficient (Wildman–Crippen LogP) is 5.16. The van der Waals surface area contributed by atoms with Crippen LogP contribution in [0.1, 0.15) is 84.5 Å². The van der Waals surface area contributed by atoms with Gasteiger partial charge in [-0.25, -0.2) is 0 Å². The van der Waals surface area contributed by atoms with Crippen LogP contribution in [0.2, 0.25) is 0 Å². The summed E-state index contributed by atoms with van der Waals surface area (Å²) in [4.78, 5) is 11.6. The van der Waals surface area contributed by atoms with Gasteiger partial charge in [0, 0.05) is 0 Å². The molecule has 0 rings (SSSR count). The summed E-state index contributed by atoms with van der Waals surface area (Å²) >= 11 is 4.32. The molecule has 0 saturated carbocycles. The van der Waals surface area contributed by atoms with Crippen molar-refractivity contribution in [2.45, 2.75) is 89.7 Å². The van der Waals surface area contributed by atoms with Crippen molar-refractivity contribution >= 4 is 18.6 Å². The van der Waals surface area contributed by atoms with Gasteiger partial charge in [-0.1, -0.05) is 71.6 Å². The molecule has 1 unspecified atom stereocenters. The summed E-state index contributed by atoms with van der Waals surface area (Å²) in [5.74, 6) is -0.139. The lowest BCUT2D eigenvalue weighted by Gasteiger charge is -2.10. The van der Waals surface area contributed by atoms with Crippen LogP contribution in [0.4, 0.5) is 0 Å². The first-order valence-corrected chi connectivity index (χ1v) is 8.58. The van der Waals surface area contributed by atoms with E-state index in [0.717, 1.165) is 25.7 Å². The van der Waals surface area contributed by atoms with Crippen molar-refractivity contribution in [2.24, 2.45) is 0 Å². The highest BCUT2D eigenvalue weighted by atomic mass is 32.1. The van der Waals surface area contributed by atoms with Gasteiger partial charge in [-0.2, -0.15) is 12.6 Å². The molecule has 0 radical (unpaired) electrons. The fourth-order valence-electron chi connectivity index (χ4n) is 2.00. The Balaban J connectivity index is 3.32. The Bertz CT molecular complexity index is 207. The van der Waals surface area contributed by atoms with Gasteiger partial charge in [-0.15, -0.1) is 0 Å². The van der Waals surface area contributed by atoms with E-state index in [1.54, 1.807) is 0 Å². The summed E-state index contributed by atoms with van der Waals surface area (Å²) < 4.78 is 5.15. The maximum atomic E-state index is 11.6. The number of thiol groups is 1. The summed E-state index contributed by atoms with van der Waals surface area (Å²) in [6.45, 7) is 4.88. The fraction of sp³-hybridized carbons (Fsp3) is 0.938. The van der Waals surface area contributed by atoms with Gasteiger partial charge in [-0.05, 0) is 12.8 Å².